The summed E-state index contributed by atoms with van der Waals surface area (Å²) in [5.74, 6) is -7.38. The number of benzene rings is 3. The molecule has 3 atom stereocenters. The highest BCUT2D eigenvalue weighted by atomic mass is 35.5. The monoisotopic (exact) mass is 631 g/mol. The highest BCUT2D eigenvalue weighted by molar-refractivity contribution is 6.31. The second-order valence-electron chi connectivity index (χ2n) is 10.3. The van der Waals surface area contributed by atoms with Gasteiger partial charge in [0.05, 0.1) is 12.6 Å². The molecule has 0 aliphatic heterocycles. The molecule has 3 aromatic rings. The molecule has 44 heavy (non-hydrogen) atoms. The molecule has 0 bridgehead atoms. The van der Waals surface area contributed by atoms with Crippen molar-refractivity contribution in [3.63, 3.8) is 0 Å². The molecule has 3 rings (SSSR count). The average molecular weight is 632 g/mol. The van der Waals surface area contributed by atoms with Crippen molar-refractivity contribution in [3.05, 3.63) is 112 Å². The van der Waals surface area contributed by atoms with Gasteiger partial charge in [-0.3, -0.25) is 14.4 Å². The Hall–Kier alpha value is -4.35. The van der Waals surface area contributed by atoms with Crippen LogP contribution in [0.3, 0.4) is 0 Å². The summed E-state index contributed by atoms with van der Waals surface area (Å²) in [6.45, 7) is 3.84. The fraction of sp³-hybridized carbons (Fsp3) is 0.281. The van der Waals surface area contributed by atoms with E-state index in [1.807, 2.05) is 0 Å². The van der Waals surface area contributed by atoms with Gasteiger partial charge in [0.2, 0.25) is 5.91 Å². The number of aliphatic hydroxyl groups is 1. The zero-order valence-electron chi connectivity index (χ0n) is 24.1. The van der Waals surface area contributed by atoms with Crippen molar-refractivity contribution < 1.29 is 37.8 Å². The van der Waals surface area contributed by atoms with Crippen LogP contribution < -0.4 is 10.6 Å². The van der Waals surface area contributed by atoms with Crippen LogP contribution in [-0.4, -0.2) is 63.5 Å². The summed E-state index contributed by atoms with van der Waals surface area (Å²) >= 11 is 6.02. The topological polar surface area (TPSA) is 119 Å². The van der Waals surface area contributed by atoms with Crippen LogP contribution in [0.25, 0.3) is 0 Å². The quantitative estimate of drug-likeness (QED) is 0.207. The predicted octanol–water partition coefficient (Wildman–Crippen LogP) is 4.55. The van der Waals surface area contributed by atoms with Crippen LogP contribution in [0.15, 0.2) is 79.4 Å². The second-order valence-corrected chi connectivity index (χ2v) is 10.7. The molecule has 0 aliphatic rings. The molecule has 0 saturated heterocycles. The van der Waals surface area contributed by atoms with E-state index >= 15 is 0 Å². The fourth-order valence-corrected chi connectivity index (χ4v) is 4.77. The smallest absolute Gasteiger partial charge is 0.262 e. The summed E-state index contributed by atoms with van der Waals surface area (Å²) in [5, 5.41) is 26.3. The Morgan fingerprint density at radius 2 is 1.73 bits per heavy atom. The third-order valence-corrected chi connectivity index (χ3v) is 7.21. The summed E-state index contributed by atoms with van der Waals surface area (Å²) in [4.78, 5) is 40.6. The van der Waals surface area contributed by atoms with Crippen LogP contribution >= 0.6 is 11.6 Å². The number of rotatable bonds is 13. The molecule has 234 valence electrons. The minimum Gasteiger partial charge on any atom is -0.508 e. The number of carbonyl (C=O) groups is 3. The number of amides is 3. The van der Waals surface area contributed by atoms with Gasteiger partial charge in [0.15, 0.2) is 6.10 Å². The first-order valence-corrected chi connectivity index (χ1v) is 13.9. The second kappa shape index (κ2) is 14.9. The lowest BCUT2D eigenvalue weighted by Crippen LogP contribution is -2.59. The molecular formula is C32H33ClF3N3O5. The Kier molecular flexibility index (Phi) is 11.6. The van der Waals surface area contributed by atoms with Crippen LogP contribution in [0.1, 0.15) is 34.0 Å². The molecule has 8 nitrogen and oxygen atoms in total. The van der Waals surface area contributed by atoms with Gasteiger partial charge in [-0.05, 0) is 43.2 Å². The standard InChI is InChI=1S/C32H33ClF3N3O5/c1-4-26(30(43)37-17-22-23(33)13-9-14-24(22)34)39(18-32(3,35)36)31(44)28(41)25(16-20-10-6-5-7-11-20)38-29(42)21-12-8-15-27(40)19(21)2/h4-15,25-26,28,40-41H,1,16-18H2,2-3H3,(H,37,43)(H,38,42)/t25-,26-,28-/m0/s1. The first kappa shape index (κ1) is 34.1. The SMILES string of the molecule is C=C[C@@H](C(=O)NCc1c(F)cccc1Cl)N(CC(C)(F)F)C(=O)[C@@H](O)[C@H](Cc1ccccc1)NC(=O)c1cccc(O)c1C. The first-order chi connectivity index (χ1) is 20.7. The largest absolute Gasteiger partial charge is 0.508 e. The van der Waals surface area contributed by atoms with Gasteiger partial charge in [-0.25, -0.2) is 13.2 Å². The summed E-state index contributed by atoms with van der Waals surface area (Å²) in [7, 11) is 0. The van der Waals surface area contributed by atoms with Gasteiger partial charge in [0, 0.05) is 35.2 Å². The third-order valence-electron chi connectivity index (χ3n) is 6.86. The lowest BCUT2D eigenvalue weighted by Gasteiger charge is -2.34. The number of phenols is 1. The van der Waals surface area contributed by atoms with E-state index in [1.54, 1.807) is 30.3 Å². The van der Waals surface area contributed by atoms with E-state index in [0.29, 0.717) is 17.4 Å². The Morgan fingerprint density at radius 1 is 1.07 bits per heavy atom. The van der Waals surface area contributed by atoms with Crippen LogP contribution in [0, 0.1) is 12.7 Å². The highest BCUT2D eigenvalue weighted by Gasteiger charge is 2.40. The molecule has 0 aromatic heterocycles. The maximum absolute atomic E-state index is 14.4. The number of nitrogens with zero attached hydrogens (tertiary/aromatic N) is 1. The van der Waals surface area contributed by atoms with Crippen molar-refractivity contribution in [2.45, 2.75) is 50.9 Å². The van der Waals surface area contributed by atoms with Crippen molar-refractivity contribution in [2.24, 2.45) is 0 Å². The zero-order valence-corrected chi connectivity index (χ0v) is 24.8. The number of aromatic hydroxyl groups is 1. The maximum Gasteiger partial charge on any atom is 0.262 e. The molecule has 12 heteroatoms. The average Bonchev–Trinajstić information content (AvgIpc) is 2.97. The first-order valence-electron chi connectivity index (χ1n) is 13.6. The molecule has 0 radical (unpaired) electrons. The fourth-order valence-electron chi connectivity index (χ4n) is 4.54. The van der Waals surface area contributed by atoms with Crippen molar-refractivity contribution in [2.75, 3.05) is 6.54 Å². The summed E-state index contributed by atoms with van der Waals surface area (Å²) in [6, 6.07) is 13.6. The zero-order chi connectivity index (χ0) is 32.6. The van der Waals surface area contributed by atoms with E-state index in [4.69, 9.17) is 11.6 Å². The van der Waals surface area contributed by atoms with Crippen LogP contribution in [0.2, 0.25) is 5.02 Å². The number of hydrogen-bond donors (Lipinski definition) is 4. The molecule has 0 saturated carbocycles. The van der Waals surface area contributed by atoms with Gasteiger partial charge in [-0.15, -0.1) is 6.58 Å². The molecule has 0 unspecified atom stereocenters. The molecule has 0 fully saturated rings. The summed E-state index contributed by atoms with van der Waals surface area (Å²) in [6.07, 6.45) is -1.25. The number of hydrogen-bond acceptors (Lipinski definition) is 5. The van der Waals surface area contributed by atoms with Crippen molar-refractivity contribution >= 4 is 29.3 Å². The van der Waals surface area contributed by atoms with E-state index in [9.17, 15) is 37.8 Å². The minimum atomic E-state index is -3.51. The Labute approximate surface area is 258 Å². The van der Waals surface area contributed by atoms with Gasteiger partial charge in [-0.1, -0.05) is 60.1 Å². The summed E-state index contributed by atoms with van der Waals surface area (Å²) in [5.41, 5.74) is 0.853. The molecule has 4 N–H and O–H groups in total. The van der Waals surface area contributed by atoms with Gasteiger partial charge in [-0.2, -0.15) is 0 Å². The number of alkyl halides is 2. The number of halogens is 4. The van der Waals surface area contributed by atoms with E-state index in [2.05, 4.69) is 17.2 Å². The van der Waals surface area contributed by atoms with Crippen LogP contribution in [0.5, 0.6) is 5.75 Å². The van der Waals surface area contributed by atoms with Gasteiger partial charge < -0.3 is 25.7 Å². The number of nitrogens with one attached hydrogen (secondary N) is 2. The van der Waals surface area contributed by atoms with Crippen molar-refractivity contribution in [1.29, 1.82) is 0 Å². The van der Waals surface area contributed by atoms with Crippen molar-refractivity contribution in [3.8, 4) is 5.75 Å². The lowest BCUT2D eigenvalue weighted by atomic mass is 9.98. The van der Waals surface area contributed by atoms with Crippen molar-refractivity contribution in [1.82, 2.24) is 15.5 Å². The third kappa shape index (κ3) is 8.84. The van der Waals surface area contributed by atoms with E-state index in [1.165, 1.54) is 37.3 Å². The molecule has 0 aliphatic carbocycles. The Bertz CT molecular complexity index is 1480. The predicted molar refractivity (Wildman–Crippen MR) is 160 cm³/mol. The van der Waals surface area contributed by atoms with Gasteiger partial charge in [0.25, 0.3) is 17.7 Å². The highest BCUT2D eigenvalue weighted by Crippen LogP contribution is 2.23. The van der Waals surface area contributed by atoms with Gasteiger partial charge in [0.1, 0.15) is 17.6 Å². The number of aliphatic hydroxyl groups excluding tert-OH is 1. The molecular weight excluding hydrogens is 599 g/mol. The normalized spacial score (nSPS) is 13.3. The van der Waals surface area contributed by atoms with E-state index in [0.717, 1.165) is 12.1 Å². The summed E-state index contributed by atoms with van der Waals surface area (Å²) < 4.78 is 43.0. The van der Waals surface area contributed by atoms with E-state index < -0.39 is 60.7 Å². The van der Waals surface area contributed by atoms with Crippen LogP contribution in [0.4, 0.5) is 13.2 Å². The Morgan fingerprint density at radius 3 is 2.34 bits per heavy atom. The molecule has 0 spiro atoms. The molecule has 3 amide bonds. The molecule has 0 heterocycles. The van der Waals surface area contributed by atoms with Crippen LogP contribution in [-0.2, 0) is 22.6 Å². The Balaban J connectivity index is 1.93. The minimum absolute atomic E-state index is 0.0189. The van der Waals surface area contributed by atoms with E-state index in [-0.39, 0.29) is 33.9 Å². The number of phenolic OH excluding ortho intramolecular Hbond substituents is 1. The molecule has 3 aromatic carbocycles. The lowest BCUT2D eigenvalue weighted by molar-refractivity contribution is -0.152. The maximum atomic E-state index is 14.4. The number of carbonyl (C=O) groups excluding carboxylic acids is 3. The van der Waals surface area contributed by atoms with Gasteiger partial charge >= 0.3 is 0 Å².